The Bertz CT molecular complexity index is 599. The molecule has 0 bridgehead atoms. The molecule has 5 heteroatoms. The summed E-state index contributed by atoms with van der Waals surface area (Å²) in [6.07, 6.45) is 2.16. The predicted octanol–water partition coefficient (Wildman–Crippen LogP) is 5.13. The van der Waals surface area contributed by atoms with Crippen molar-refractivity contribution in [3.63, 3.8) is 0 Å². The Balaban J connectivity index is 2.15. The van der Waals surface area contributed by atoms with Crippen LogP contribution in [-0.4, -0.2) is 10.8 Å². The zero-order valence-electron chi connectivity index (χ0n) is 10.2. The van der Waals surface area contributed by atoms with Crippen molar-refractivity contribution in [1.82, 2.24) is 4.98 Å². The lowest BCUT2D eigenvalue weighted by atomic mass is 10.2. The van der Waals surface area contributed by atoms with Gasteiger partial charge >= 0.3 is 0 Å². The summed E-state index contributed by atoms with van der Waals surface area (Å²) in [5.41, 5.74) is 0.501. The van der Waals surface area contributed by atoms with Crippen LogP contribution in [0.15, 0.2) is 46.3 Å². The standard InChI is InChI=1S/C14H11Cl2NOS/c1-2-14(18)13-6-4-10(8-17-13)19-9-3-5-11(15)12(16)7-9/h3-8H,2H2,1H3. The molecule has 0 amide bonds. The van der Waals surface area contributed by atoms with Crippen LogP contribution in [0.25, 0.3) is 0 Å². The first-order valence-corrected chi connectivity index (χ1v) is 7.29. The maximum absolute atomic E-state index is 11.5. The highest BCUT2D eigenvalue weighted by Crippen LogP contribution is 2.32. The topological polar surface area (TPSA) is 30.0 Å². The third-order valence-corrected chi connectivity index (χ3v) is 4.18. The van der Waals surface area contributed by atoms with Crippen molar-refractivity contribution < 1.29 is 4.79 Å². The Morgan fingerprint density at radius 2 is 1.89 bits per heavy atom. The molecule has 0 atom stereocenters. The first kappa shape index (κ1) is 14.4. The minimum Gasteiger partial charge on any atom is -0.292 e. The quantitative estimate of drug-likeness (QED) is 0.733. The molecule has 1 heterocycles. The van der Waals surface area contributed by atoms with E-state index in [1.54, 1.807) is 24.4 Å². The molecule has 0 spiro atoms. The van der Waals surface area contributed by atoms with Gasteiger partial charge in [-0.25, -0.2) is 0 Å². The van der Waals surface area contributed by atoms with E-state index in [0.717, 1.165) is 9.79 Å². The summed E-state index contributed by atoms with van der Waals surface area (Å²) in [7, 11) is 0. The number of ketones is 1. The number of hydrogen-bond acceptors (Lipinski definition) is 3. The fourth-order valence-corrected chi connectivity index (χ4v) is 2.65. The SMILES string of the molecule is CCC(=O)c1ccc(Sc2ccc(Cl)c(Cl)c2)cn1. The second-order valence-electron chi connectivity index (χ2n) is 3.83. The van der Waals surface area contributed by atoms with Crippen molar-refractivity contribution in [2.75, 3.05) is 0 Å². The van der Waals surface area contributed by atoms with E-state index in [2.05, 4.69) is 4.98 Å². The number of hydrogen-bond donors (Lipinski definition) is 0. The Kier molecular flexibility index (Phi) is 4.86. The molecule has 0 aliphatic carbocycles. The van der Waals surface area contributed by atoms with Crippen LogP contribution in [0.2, 0.25) is 10.0 Å². The Morgan fingerprint density at radius 1 is 1.16 bits per heavy atom. The number of rotatable bonds is 4. The van der Waals surface area contributed by atoms with Crippen LogP contribution in [0.1, 0.15) is 23.8 Å². The van der Waals surface area contributed by atoms with E-state index in [1.165, 1.54) is 11.8 Å². The number of nitrogens with zero attached hydrogens (tertiary/aromatic N) is 1. The first-order valence-electron chi connectivity index (χ1n) is 5.72. The van der Waals surface area contributed by atoms with E-state index >= 15 is 0 Å². The van der Waals surface area contributed by atoms with Gasteiger partial charge in [0, 0.05) is 22.4 Å². The van der Waals surface area contributed by atoms with Crippen molar-refractivity contribution in [3.8, 4) is 0 Å². The van der Waals surface area contributed by atoms with Crippen molar-refractivity contribution in [2.24, 2.45) is 0 Å². The molecule has 19 heavy (non-hydrogen) atoms. The number of benzene rings is 1. The molecule has 2 aromatic rings. The lowest BCUT2D eigenvalue weighted by Crippen LogP contribution is -1.99. The molecule has 0 saturated heterocycles. The number of halogens is 2. The van der Waals surface area contributed by atoms with E-state index in [0.29, 0.717) is 22.2 Å². The number of aromatic nitrogens is 1. The lowest BCUT2D eigenvalue weighted by molar-refractivity contribution is 0.0983. The maximum atomic E-state index is 11.5. The van der Waals surface area contributed by atoms with Crippen LogP contribution < -0.4 is 0 Å². The van der Waals surface area contributed by atoms with Gasteiger partial charge in [0.1, 0.15) is 5.69 Å². The molecule has 98 valence electrons. The van der Waals surface area contributed by atoms with Gasteiger partial charge in [0.2, 0.25) is 0 Å². The summed E-state index contributed by atoms with van der Waals surface area (Å²) >= 11 is 13.3. The van der Waals surface area contributed by atoms with Gasteiger partial charge in [0.15, 0.2) is 5.78 Å². The Labute approximate surface area is 126 Å². The van der Waals surface area contributed by atoms with Crippen LogP contribution in [0.5, 0.6) is 0 Å². The van der Waals surface area contributed by atoms with E-state index in [9.17, 15) is 4.79 Å². The summed E-state index contributed by atoms with van der Waals surface area (Å²) in [5, 5.41) is 1.06. The van der Waals surface area contributed by atoms with Crippen LogP contribution in [0.4, 0.5) is 0 Å². The summed E-state index contributed by atoms with van der Waals surface area (Å²) in [4.78, 5) is 17.5. The smallest absolute Gasteiger partial charge is 0.180 e. The molecule has 0 aliphatic heterocycles. The molecule has 0 N–H and O–H groups in total. The zero-order chi connectivity index (χ0) is 13.8. The number of carbonyl (C=O) groups excluding carboxylic acids is 1. The summed E-state index contributed by atoms with van der Waals surface area (Å²) < 4.78 is 0. The van der Waals surface area contributed by atoms with Gasteiger partial charge in [-0.3, -0.25) is 9.78 Å². The molecule has 0 fully saturated rings. The van der Waals surface area contributed by atoms with Crippen molar-refractivity contribution in [2.45, 2.75) is 23.1 Å². The lowest BCUT2D eigenvalue weighted by Gasteiger charge is -2.04. The maximum Gasteiger partial charge on any atom is 0.180 e. The van der Waals surface area contributed by atoms with Crippen molar-refractivity contribution >= 4 is 40.7 Å². The normalized spacial score (nSPS) is 10.5. The van der Waals surface area contributed by atoms with Gasteiger partial charge in [-0.05, 0) is 30.3 Å². The van der Waals surface area contributed by atoms with Gasteiger partial charge in [0.05, 0.1) is 10.0 Å². The monoisotopic (exact) mass is 311 g/mol. The third-order valence-electron chi connectivity index (χ3n) is 2.47. The van der Waals surface area contributed by atoms with Crippen LogP contribution in [0.3, 0.4) is 0 Å². The summed E-state index contributed by atoms with van der Waals surface area (Å²) in [5.74, 6) is 0.0473. The molecule has 0 saturated carbocycles. The summed E-state index contributed by atoms with van der Waals surface area (Å²) in [6, 6.07) is 9.08. The first-order chi connectivity index (χ1) is 9.10. The molecule has 0 aliphatic rings. The number of carbonyl (C=O) groups is 1. The van der Waals surface area contributed by atoms with Gasteiger partial charge in [0.25, 0.3) is 0 Å². The molecular formula is C14H11Cl2NOS. The predicted molar refractivity (Wildman–Crippen MR) is 79.4 cm³/mol. The average molecular weight is 312 g/mol. The highest BCUT2D eigenvalue weighted by Gasteiger charge is 2.06. The largest absolute Gasteiger partial charge is 0.292 e. The summed E-state index contributed by atoms with van der Waals surface area (Å²) in [6.45, 7) is 1.82. The van der Waals surface area contributed by atoms with Crippen molar-refractivity contribution in [1.29, 1.82) is 0 Å². The van der Waals surface area contributed by atoms with Gasteiger partial charge in [-0.15, -0.1) is 0 Å². The molecule has 2 nitrogen and oxygen atoms in total. The highest BCUT2D eigenvalue weighted by molar-refractivity contribution is 7.99. The van der Waals surface area contributed by atoms with Crippen molar-refractivity contribution in [3.05, 3.63) is 52.3 Å². The average Bonchev–Trinajstić information content (AvgIpc) is 2.43. The molecule has 1 aromatic heterocycles. The van der Waals surface area contributed by atoms with E-state index in [-0.39, 0.29) is 5.78 Å². The molecule has 0 radical (unpaired) electrons. The Hall–Kier alpha value is -1.03. The van der Waals surface area contributed by atoms with Gasteiger partial charge in [-0.1, -0.05) is 41.9 Å². The Morgan fingerprint density at radius 3 is 2.47 bits per heavy atom. The van der Waals surface area contributed by atoms with E-state index < -0.39 is 0 Å². The van der Waals surface area contributed by atoms with Crippen LogP contribution >= 0.6 is 35.0 Å². The second kappa shape index (κ2) is 6.42. The van der Waals surface area contributed by atoms with Gasteiger partial charge in [-0.2, -0.15) is 0 Å². The fourth-order valence-electron chi connectivity index (χ4n) is 1.46. The van der Waals surface area contributed by atoms with E-state index in [4.69, 9.17) is 23.2 Å². The second-order valence-corrected chi connectivity index (χ2v) is 5.80. The number of Topliss-reactive ketones (excluding diaryl/α,β-unsaturated/α-hetero) is 1. The number of pyridine rings is 1. The molecule has 2 rings (SSSR count). The zero-order valence-corrected chi connectivity index (χ0v) is 12.5. The molecular weight excluding hydrogens is 301 g/mol. The minimum absolute atomic E-state index is 0.0473. The van der Waals surface area contributed by atoms with Crippen LogP contribution in [0, 0.1) is 0 Å². The minimum atomic E-state index is 0.0473. The highest BCUT2D eigenvalue weighted by atomic mass is 35.5. The fraction of sp³-hybridized carbons (Fsp3) is 0.143. The van der Waals surface area contributed by atoms with Crippen LogP contribution in [-0.2, 0) is 0 Å². The third kappa shape index (κ3) is 3.72. The van der Waals surface area contributed by atoms with E-state index in [1.807, 2.05) is 19.1 Å². The molecule has 0 unspecified atom stereocenters. The molecule has 1 aromatic carbocycles. The van der Waals surface area contributed by atoms with Gasteiger partial charge < -0.3 is 0 Å².